The van der Waals surface area contributed by atoms with E-state index in [1.54, 1.807) is 12.3 Å². The second-order valence-corrected chi connectivity index (χ2v) is 13.9. The second-order valence-electron chi connectivity index (χ2n) is 13.9. The zero-order valence-electron chi connectivity index (χ0n) is 25.5. The molecule has 42 heavy (non-hydrogen) atoms. The Labute approximate surface area is 250 Å². The van der Waals surface area contributed by atoms with Crippen LogP contribution in [0.5, 0.6) is 0 Å². The van der Waals surface area contributed by atoms with Gasteiger partial charge < -0.3 is 9.88 Å². The lowest BCUT2D eigenvalue weighted by Gasteiger charge is -2.34. The molecule has 0 radical (unpaired) electrons. The number of carbonyl (C=O) groups is 1. The third-order valence-corrected chi connectivity index (χ3v) is 9.94. The number of carbonyl (C=O) groups excluding carboxylic acids is 1. The predicted octanol–water partition coefficient (Wildman–Crippen LogP) is 7.15. The Balaban J connectivity index is 1.19. The third kappa shape index (κ3) is 6.52. The predicted molar refractivity (Wildman–Crippen MR) is 171 cm³/mol. The van der Waals surface area contributed by atoms with Crippen molar-refractivity contribution in [2.24, 2.45) is 11.3 Å². The third-order valence-electron chi connectivity index (χ3n) is 9.94. The number of likely N-dealkylation sites (tertiary alicyclic amines) is 1. The summed E-state index contributed by atoms with van der Waals surface area (Å²) in [5.74, 6) is 1.10. The number of aromatic nitrogens is 2. The minimum Gasteiger partial charge on any atom is -0.328 e. The van der Waals surface area contributed by atoms with Gasteiger partial charge in [-0.15, -0.1) is 0 Å². The molecule has 0 amide bonds. The molecule has 6 rings (SSSR count). The molecule has 0 spiro atoms. The van der Waals surface area contributed by atoms with E-state index in [0.29, 0.717) is 24.2 Å². The summed E-state index contributed by atoms with van der Waals surface area (Å²) in [6.07, 6.45) is 13.3. The van der Waals surface area contributed by atoms with E-state index in [1.807, 2.05) is 6.07 Å². The van der Waals surface area contributed by atoms with Crippen LogP contribution in [-0.4, -0.2) is 40.3 Å². The number of ketones is 1. The highest BCUT2D eigenvalue weighted by atomic mass is 16.1. The van der Waals surface area contributed by atoms with E-state index < -0.39 is 0 Å². The second kappa shape index (κ2) is 12.1. The zero-order chi connectivity index (χ0) is 29.3. The van der Waals surface area contributed by atoms with Crippen LogP contribution in [0.25, 0.3) is 17.2 Å². The number of fused-ring (bicyclic) bond motifs is 2. The molecule has 1 saturated heterocycles. The first-order chi connectivity index (χ1) is 20.2. The van der Waals surface area contributed by atoms with Crippen LogP contribution in [0.15, 0.2) is 59.0 Å². The van der Waals surface area contributed by atoms with Crippen molar-refractivity contribution in [3.05, 3.63) is 92.7 Å². The Morgan fingerprint density at radius 1 is 1.02 bits per heavy atom. The van der Waals surface area contributed by atoms with E-state index >= 15 is 0 Å². The molecule has 2 aliphatic carbocycles. The molecule has 5 heteroatoms. The fraction of sp³-hybridized carbons (Fsp3) is 0.486. The van der Waals surface area contributed by atoms with E-state index in [-0.39, 0.29) is 17.3 Å². The maximum absolute atomic E-state index is 13.8. The maximum Gasteiger partial charge on any atom is 0.247 e. The molecule has 3 heterocycles. The summed E-state index contributed by atoms with van der Waals surface area (Å²) in [5.41, 5.74) is 9.25. The number of aromatic amines is 1. The molecular weight excluding hydrogens is 518 g/mol. The summed E-state index contributed by atoms with van der Waals surface area (Å²) < 4.78 is 0. The molecular formula is C37H45N3O2. The SMILES string of the molecule is CC(C)(C)[C@H]1CCc2nc3c(cc2C1)C=C(C(=O)C[C@H](CCN1CCCCC1)c1ccc(-c2ccc(=O)[nH]c2)cc1)C3. The van der Waals surface area contributed by atoms with Crippen LogP contribution >= 0.6 is 0 Å². The molecule has 220 valence electrons. The fourth-order valence-corrected chi connectivity index (χ4v) is 7.13. The molecule has 2 atom stereocenters. The van der Waals surface area contributed by atoms with E-state index in [9.17, 15) is 9.59 Å². The molecule has 2 aromatic heterocycles. The largest absolute Gasteiger partial charge is 0.328 e. The highest BCUT2D eigenvalue weighted by Crippen LogP contribution is 2.39. The minimum absolute atomic E-state index is 0.0977. The molecule has 3 aromatic rings. The van der Waals surface area contributed by atoms with Crippen molar-refractivity contribution in [1.82, 2.24) is 14.9 Å². The number of aryl methyl sites for hydroxylation is 1. The van der Waals surface area contributed by atoms with Crippen LogP contribution in [0.1, 0.15) is 93.3 Å². The van der Waals surface area contributed by atoms with Gasteiger partial charge in [-0.05, 0) is 121 Å². The van der Waals surface area contributed by atoms with Crippen molar-refractivity contribution in [3.63, 3.8) is 0 Å². The summed E-state index contributed by atoms with van der Waals surface area (Å²) in [6.45, 7) is 10.4. The summed E-state index contributed by atoms with van der Waals surface area (Å²) in [6, 6.07) is 14.3. The molecule has 3 aliphatic rings. The normalized spacial score (nSPS) is 19.6. The van der Waals surface area contributed by atoms with Gasteiger partial charge in [0.1, 0.15) is 0 Å². The standard InChI is InChI=1S/C37H45N3O2/c1-37(2,3)32-12-13-33-30(21-32)19-29-20-31(22-34(29)39-33)35(41)23-27(15-18-40-16-5-4-6-17-40)25-7-9-26(10-8-25)28-11-14-36(42)38-24-28/h7-11,14,19-20,24,27,32H,4-6,12-13,15-18,21-23H2,1-3H3,(H,38,42)/t27-,32-/m0/s1. The Kier molecular flexibility index (Phi) is 8.31. The van der Waals surface area contributed by atoms with Gasteiger partial charge in [0, 0.05) is 36.4 Å². The van der Waals surface area contributed by atoms with Crippen molar-refractivity contribution < 1.29 is 4.79 Å². The van der Waals surface area contributed by atoms with Gasteiger partial charge in [0.15, 0.2) is 5.78 Å². The molecule has 0 saturated carbocycles. The molecule has 1 fully saturated rings. The number of H-pyrrole nitrogens is 1. The molecule has 0 unspecified atom stereocenters. The van der Waals surface area contributed by atoms with Crippen LogP contribution < -0.4 is 5.56 Å². The lowest BCUT2D eigenvalue weighted by molar-refractivity contribution is -0.116. The quantitative estimate of drug-likeness (QED) is 0.316. The van der Waals surface area contributed by atoms with Gasteiger partial charge >= 0.3 is 0 Å². The van der Waals surface area contributed by atoms with Crippen LogP contribution in [0, 0.1) is 11.3 Å². The molecule has 1 N–H and O–H groups in total. The number of allylic oxidation sites excluding steroid dienone is 1. The van der Waals surface area contributed by atoms with Crippen molar-refractivity contribution in [2.75, 3.05) is 19.6 Å². The van der Waals surface area contributed by atoms with Gasteiger partial charge in [-0.3, -0.25) is 14.6 Å². The first kappa shape index (κ1) is 28.8. The summed E-state index contributed by atoms with van der Waals surface area (Å²) in [5, 5.41) is 0. The fourth-order valence-electron chi connectivity index (χ4n) is 7.13. The number of nitrogens with zero attached hydrogens (tertiary/aromatic N) is 2. The van der Waals surface area contributed by atoms with Gasteiger partial charge in [0.25, 0.3) is 0 Å². The van der Waals surface area contributed by atoms with Crippen molar-refractivity contribution >= 4 is 11.9 Å². The van der Waals surface area contributed by atoms with Crippen molar-refractivity contribution in [2.45, 2.75) is 84.5 Å². The number of hydrogen-bond donors (Lipinski definition) is 1. The average molecular weight is 564 g/mol. The molecule has 0 bridgehead atoms. The molecule has 5 nitrogen and oxygen atoms in total. The van der Waals surface area contributed by atoms with Crippen molar-refractivity contribution in [3.8, 4) is 11.1 Å². The Morgan fingerprint density at radius 2 is 1.79 bits per heavy atom. The molecule has 1 aliphatic heterocycles. The lowest BCUT2D eigenvalue weighted by atomic mass is 9.71. The lowest BCUT2D eigenvalue weighted by Crippen LogP contribution is -2.31. The monoisotopic (exact) mass is 563 g/mol. The first-order valence-electron chi connectivity index (χ1n) is 16.0. The van der Waals surface area contributed by atoms with E-state index in [1.165, 1.54) is 55.6 Å². The molecule has 1 aromatic carbocycles. The van der Waals surface area contributed by atoms with Crippen LogP contribution in [0.2, 0.25) is 0 Å². The summed E-state index contributed by atoms with van der Waals surface area (Å²) in [4.78, 5) is 35.8. The zero-order valence-corrected chi connectivity index (χ0v) is 25.5. The average Bonchev–Trinajstić information content (AvgIpc) is 3.41. The highest BCUT2D eigenvalue weighted by Gasteiger charge is 2.31. The van der Waals surface area contributed by atoms with Gasteiger partial charge in [0.2, 0.25) is 5.56 Å². The summed E-state index contributed by atoms with van der Waals surface area (Å²) in [7, 11) is 0. The first-order valence-corrected chi connectivity index (χ1v) is 16.0. The smallest absolute Gasteiger partial charge is 0.247 e. The number of nitrogens with one attached hydrogen (secondary N) is 1. The van der Waals surface area contributed by atoms with Gasteiger partial charge in [-0.25, -0.2) is 0 Å². The van der Waals surface area contributed by atoms with E-state index in [2.05, 4.69) is 67.1 Å². The number of hydrogen-bond acceptors (Lipinski definition) is 4. The van der Waals surface area contributed by atoms with E-state index in [4.69, 9.17) is 4.98 Å². The number of piperidine rings is 1. The summed E-state index contributed by atoms with van der Waals surface area (Å²) >= 11 is 0. The van der Waals surface area contributed by atoms with E-state index in [0.717, 1.165) is 53.8 Å². The maximum atomic E-state index is 13.8. The van der Waals surface area contributed by atoms with Crippen LogP contribution in [-0.2, 0) is 24.1 Å². The number of pyridine rings is 2. The Bertz CT molecular complexity index is 1500. The van der Waals surface area contributed by atoms with Gasteiger partial charge in [-0.2, -0.15) is 0 Å². The minimum atomic E-state index is -0.0977. The van der Waals surface area contributed by atoms with Crippen LogP contribution in [0.3, 0.4) is 0 Å². The Morgan fingerprint density at radius 3 is 2.50 bits per heavy atom. The van der Waals surface area contributed by atoms with Gasteiger partial charge in [-0.1, -0.05) is 51.5 Å². The van der Waals surface area contributed by atoms with Gasteiger partial charge in [0.05, 0.1) is 5.69 Å². The topological polar surface area (TPSA) is 66.1 Å². The van der Waals surface area contributed by atoms with Crippen LogP contribution in [0.4, 0.5) is 0 Å². The number of benzene rings is 1. The highest BCUT2D eigenvalue weighted by molar-refractivity contribution is 6.02. The van der Waals surface area contributed by atoms with Crippen molar-refractivity contribution in [1.29, 1.82) is 0 Å². The number of Topliss-reactive ketones (excluding diaryl/α,β-unsaturated/α-hetero) is 1. The number of rotatable bonds is 8. The Hall–Kier alpha value is -3.31.